The van der Waals surface area contributed by atoms with Gasteiger partial charge in [0, 0.05) is 12.1 Å². The van der Waals surface area contributed by atoms with Crippen molar-refractivity contribution < 1.29 is 19.6 Å². The number of carbonyl (C=O) groups is 1. The van der Waals surface area contributed by atoms with Gasteiger partial charge in [-0.15, -0.1) is 0 Å². The Kier molecular flexibility index (Phi) is 3.54. The number of non-ortho nitro benzene ring substituents is 1. The van der Waals surface area contributed by atoms with Gasteiger partial charge in [-0.2, -0.15) is 0 Å². The van der Waals surface area contributed by atoms with E-state index in [9.17, 15) is 14.9 Å². The molecule has 1 heterocycles. The lowest BCUT2D eigenvalue weighted by Crippen LogP contribution is -2.29. The molecule has 1 aliphatic rings. The van der Waals surface area contributed by atoms with Gasteiger partial charge in [-0.1, -0.05) is 0 Å². The van der Waals surface area contributed by atoms with Crippen LogP contribution in [0.4, 0.5) is 5.69 Å². The molecule has 0 atom stereocenters. The Morgan fingerprint density at radius 1 is 1.42 bits per heavy atom. The number of nitro benzene ring substituents is 1. The third kappa shape index (κ3) is 2.59. The predicted molar refractivity (Wildman–Crippen MR) is 68.7 cm³/mol. The first-order valence-corrected chi connectivity index (χ1v) is 5.54. The lowest BCUT2D eigenvalue weighted by molar-refractivity contribution is -0.384. The molecule has 0 bridgehead atoms. The van der Waals surface area contributed by atoms with Crippen molar-refractivity contribution >= 4 is 35.1 Å². The van der Waals surface area contributed by atoms with E-state index < -0.39 is 17.6 Å². The second-order valence-corrected chi connectivity index (χ2v) is 3.95. The lowest BCUT2D eigenvalue weighted by atomic mass is 10.2. The van der Waals surface area contributed by atoms with Gasteiger partial charge >= 0.3 is 0 Å². The molecule has 1 N–H and O–H groups in total. The highest BCUT2D eigenvalue weighted by Gasteiger charge is 2.32. The summed E-state index contributed by atoms with van der Waals surface area (Å²) in [6, 6.07) is 5.58. The standard InChI is InChI=1S/C11H8N2O5S/c14-6-12-10(15)9(18-11(12)19)5-7-1-3-8(4-2-7)13(16)17/h1-5,14H,6H2/b9-5+. The number of hydrogen-bond donors (Lipinski definition) is 1. The van der Waals surface area contributed by atoms with Crippen LogP contribution in [0.25, 0.3) is 6.08 Å². The molecule has 19 heavy (non-hydrogen) atoms. The smallest absolute Gasteiger partial charge is 0.299 e. The highest BCUT2D eigenvalue weighted by Crippen LogP contribution is 2.20. The number of ether oxygens (including phenoxy) is 1. The molecule has 0 aromatic heterocycles. The van der Waals surface area contributed by atoms with E-state index in [2.05, 4.69) is 0 Å². The molecular weight excluding hydrogens is 272 g/mol. The van der Waals surface area contributed by atoms with Crippen molar-refractivity contribution in [1.29, 1.82) is 0 Å². The first-order chi connectivity index (χ1) is 9.02. The van der Waals surface area contributed by atoms with Gasteiger partial charge in [-0.3, -0.25) is 14.9 Å². The van der Waals surface area contributed by atoms with E-state index in [0.717, 1.165) is 4.90 Å². The molecule has 1 aliphatic heterocycles. The number of thiocarbonyl (C=S) groups is 1. The number of carbonyl (C=O) groups excluding carboxylic acids is 1. The Balaban J connectivity index is 2.25. The summed E-state index contributed by atoms with van der Waals surface area (Å²) in [5.74, 6) is -0.584. The van der Waals surface area contributed by atoms with Gasteiger partial charge < -0.3 is 9.84 Å². The van der Waals surface area contributed by atoms with Crippen LogP contribution in [0.2, 0.25) is 0 Å². The van der Waals surface area contributed by atoms with Crippen LogP contribution in [-0.2, 0) is 9.53 Å². The van der Waals surface area contributed by atoms with Gasteiger partial charge in [0.1, 0.15) is 6.73 Å². The van der Waals surface area contributed by atoms with Gasteiger partial charge in [-0.05, 0) is 36.0 Å². The third-order valence-electron chi connectivity index (χ3n) is 2.42. The van der Waals surface area contributed by atoms with E-state index in [1.165, 1.54) is 30.3 Å². The van der Waals surface area contributed by atoms with Gasteiger partial charge in [-0.25, -0.2) is 4.90 Å². The van der Waals surface area contributed by atoms with Crippen LogP contribution in [0.15, 0.2) is 30.0 Å². The fraction of sp³-hybridized carbons (Fsp3) is 0.0909. The minimum absolute atomic E-state index is 0.0343. The molecule has 1 amide bonds. The Hall–Kier alpha value is -2.32. The summed E-state index contributed by atoms with van der Waals surface area (Å²) in [4.78, 5) is 22.6. The fourth-order valence-electron chi connectivity index (χ4n) is 1.47. The minimum atomic E-state index is -0.560. The molecule has 7 nitrogen and oxygen atoms in total. The van der Waals surface area contributed by atoms with E-state index >= 15 is 0 Å². The molecular formula is C11H8N2O5S. The number of nitro groups is 1. The Bertz CT molecular complexity index is 581. The number of benzene rings is 1. The highest BCUT2D eigenvalue weighted by atomic mass is 32.1. The SMILES string of the molecule is O=C1/C(=C\c2ccc([N+](=O)[O-])cc2)OC(=S)N1CO. The van der Waals surface area contributed by atoms with Crippen molar-refractivity contribution in [2.24, 2.45) is 0 Å². The molecule has 0 aliphatic carbocycles. The van der Waals surface area contributed by atoms with Crippen LogP contribution in [-0.4, -0.2) is 32.7 Å². The maximum Gasteiger partial charge on any atom is 0.299 e. The van der Waals surface area contributed by atoms with Crippen molar-refractivity contribution in [1.82, 2.24) is 4.90 Å². The summed E-state index contributed by atoms with van der Waals surface area (Å²) in [7, 11) is 0. The normalized spacial score (nSPS) is 16.9. The van der Waals surface area contributed by atoms with Crippen LogP contribution in [0.3, 0.4) is 0 Å². The summed E-state index contributed by atoms with van der Waals surface area (Å²) in [6.45, 7) is -0.560. The van der Waals surface area contributed by atoms with E-state index in [-0.39, 0.29) is 16.6 Å². The maximum atomic E-state index is 11.7. The van der Waals surface area contributed by atoms with Crippen molar-refractivity contribution in [3.63, 3.8) is 0 Å². The van der Waals surface area contributed by atoms with E-state index in [1.54, 1.807) is 0 Å². The second-order valence-electron chi connectivity index (χ2n) is 3.60. The summed E-state index contributed by atoms with van der Waals surface area (Å²) in [5.41, 5.74) is 0.505. The molecule has 0 spiro atoms. The molecule has 1 aromatic carbocycles. The Morgan fingerprint density at radius 2 is 2.05 bits per heavy atom. The van der Waals surface area contributed by atoms with E-state index in [1.807, 2.05) is 0 Å². The average molecular weight is 280 g/mol. The molecule has 0 unspecified atom stereocenters. The molecule has 0 saturated carbocycles. The van der Waals surface area contributed by atoms with Gasteiger partial charge in [0.15, 0.2) is 5.76 Å². The zero-order chi connectivity index (χ0) is 14.0. The molecule has 0 radical (unpaired) electrons. The lowest BCUT2D eigenvalue weighted by Gasteiger charge is -2.05. The van der Waals surface area contributed by atoms with E-state index in [4.69, 9.17) is 22.1 Å². The minimum Gasteiger partial charge on any atom is -0.425 e. The molecule has 2 rings (SSSR count). The van der Waals surface area contributed by atoms with Crippen molar-refractivity contribution in [3.05, 3.63) is 45.7 Å². The van der Waals surface area contributed by atoms with E-state index in [0.29, 0.717) is 5.56 Å². The summed E-state index contributed by atoms with van der Waals surface area (Å²) >= 11 is 4.76. The summed E-state index contributed by atoms with van der Waals surface area (Å²) in [6.07, 6.45) is 1.40. The van der Waals surface area contributed by atoms with Gasteiger partial charge in [0.25, 0.3) is 16.8 Å². The number of aliphatic hydroxyl groups excluding tert-OH is 1. The maximum absolute atomic E-state index is 11.7. The van der Waals surface area contributed by atoms with Crippen LogP contribution < -0.4 is 0 Å². The third-order valence-corrected chi connectivity index (χ3v) is 2.72. The van der Waals surface area contributed by atoms with Crippen LogP contribution in [0.5, 0.6) is 0 Å². The Morgan fingerprint density at radius 3 is 2.53 bits per heavy atom. The first kappa shape index (κ1) is 13.1. The topological polar surface area (TPSA) is 92.9 Å². The zero-order valence-electron chi connectivity index (χ0n) is 9.48. The second kappa shape index (κ2) is 5.12. The molecule has 8 heteroatoms. The number of nitrogens with zero attached hydrogens (tertiary/aromatic N) is 2. The van der Waals surface area contributed by atoms with Crippen LogP contribution in [0, 0.1) is 10.1 Å². The highest BCUT2D eigenvalue weighted by molar-refractivity contribution is 7.80. The Labute approximate surface area is 112 Å². The van der Waals surface area contributed by atoms with Crippen molar-refractivity contribution in [3.8, 4) is 0 Å². The quantitative estimate of drug-likeness (QED) is 0.385. The van der Waals surface area contributed by atoms with Crippen molar-refractivity contribution in [2.45, 2.75) is 0 Å². The fourth-order valence-corrected chi connectivity index (χ4v) is 1.70. The van der Waals surface area contributed by atoms with Crippen LogP contribution >= 0.6 is 12.2 Å². The first-order valence-electron chi connectivity index (χ1n) is 5.13. The number of amides is 1. The molecule has 98 valence electrons. The molecule has 1 fully saturated rings. The van der Waals surface area contributed by atoms with Crippen LogP contribution in [0.1, 0.15) is 5.56 Å². The summed E-state index contributed by atoms with van der Waals surface area (Å²) in [5, 5.41) is 19.3. The van der Waals surface area contributed by atoms with Gasteiger partial charge in [0.05, 0.1) is 4.92 Å². The number of rotatable bonds is 3. The zero-order valence-corrected chi connectivity index (χ0v) is 10.3. The summed E-state index contributed by atoms with van der Waals surface area (Å²) < 4.78 is 5.03. The molecule has 1 saturated heterocycles. The monoisotopic (exact) mass is 280 g/mol. The molecule has 1 aromatic rings. The van der Waals surface area contributed by atoms with Crippen molar-refractivity contribution in [2.75, 3.05) is 6.73 Å². The van der Waals surface area contributed by atoms with Gasteiger partial charge in [0.2, 0.25) is 0 Å². The predicted octanol–water partition coefficient (Wildman–Crippen LogP) is 1.03. The number of hydrogen-bond acceptors (Lipinski definition) is 6. The average Bonchev–Trinajstić information content (AvgIpc) is 2.64. The largest absolute Gasteiger partial charge is 0.425 e. The number of aliphatic hydroxyl groups is 1.